The summed E-state index contributed by atoms with van der Waals surface area (Å²) in [4.78, 5) is 0. The highest BCUT2D eigenvalue weighted by Gasteiger charge is 2.28. The first-order valence-electron chi connectivity index (χ1n) is 4.30. The standard InChI is InChI=1S/C9H16ClN/c1-2-3-6-11-7-9(10)8-4-5-8/h2-3,8-9,11H,4-7H2,1H3/b3-2+. The molecule has 0 spiro atoms. The quantitative estimate of drug-likeness (QED) is 0.382. The molecule has 0 aromatic heterocycles. The van der Waals surface area contributed by atoms with Crippen LogP contribution >= 0.6 is 11.6 Å². The van der Waals surface area contributed by atoms with Crippen LogP contribution < -0.4 is 5.32 Å². The second kappa shape index (κ2) is 4.78. The molecule has 1 aliphatic rings. The summed E-state index contributed by atoms with van der Waals surface area (Å²) in [5.74, 6) is 0.801. The number of halogens is 1. The summed E-state index contributed by atoms with van der Waals surface area (Å²) >= 11 is 6.07. The largest absolute Gasteiger partial charge is 0.312 e. The predicted molar refractivity (Wildman–Crippen MR) is 50.0 cm³/mol. The van der Waals surface area contributed by atoms with Crippen molar-refractivity contribution in [3.05, 3.63) is 12.2 Å². The van der Waals surface area contributed by atoms with Gasteiger partial charge in [0.15, 0.2) is 0 Å². The molecule has 1 saturated carbocycles. The maximum absolute atomic E-state index is 6.07. The molecule has 11 heavy (non-hydrogen) atoms. The Bertz CT molecular complexity index is 130. The Morgan fingerprint density at radius 1 is 1.64 bits per heavy atom. The van der Waals surface area contributed by atoms with Gasteiger partial charge in [0.2, 0.25) is 0 Å². The minimum absolute atomic E-state index is 0.361. The fourth-order valence-electron chi connectivity index (χ4n) is 1.05. The molecular formula is C9H16ClN. The van der Waals surface area contributed by atoms with Gasteiger partial charge in [-0.1, -0.05) is 12.2 Å². The molecule has 1 fully saturated rings. The van der Waals surface area contributed by atoms with Gasteiger partial charge in [-0.3, -0.25) is 0 Å². The van der Waals surface area contributed by atoms with Crippen LogP contribution in [0.2, 0.25) is 0 Å². The Morgan fingerprint density at radius 3 is 2.91 bits per heavy atom. The third-order valence-electron chi connectivity index (χ3n) is 1.97. The number of nitrogens with one attached hydrogen (secondary N) is 1. The number of rotatable bonds is 5. The maximum Gasteiger partial charge on any atom is 0.0488 e. The first-order chi connectivity index (χ1) is 5.34. The Morgan fingerprint density at radius 2 is 2.36 bits per heavy atom. The third-order valence-corrected chi connectivity index (χ3v) is 2.48. The zero-order valence-corrected chi connectivity index (χ0v) is 7.77. The van der Waals surface area contributed by atoms with Gasteiger partial charge in [0.1, 0.15) is 0 Å². The number of allylic oxidation sites excluding steroid dienone is 1. The van der Waals surface area contributed by atoms with Crippen LogP contribution in [-0.2, 0) is 0 Å². The molecule has 1 nitrogen and oxygen atoms in total. The minimum atomic E-state index is 0.361. The average Bonchev–Trinajstić information content (AvgIpc) is 2.79. The zero-order valence-electron chi connectivity index (χ0n) is 7.02. The molecule has 0 amide bonds. The fourth-order valence-corrected chi connectivity index (χ4v) is 1.41. The Balaban J connectivity index is 1.93. The number of hydrogen-bond donors (Lipinski definition) is 1. The van der Waals surface area contributed by atoms with E-state index in [0.717, 1.165) is 19.0 Å². The maximum atomic E-state index is 6.07. The van der Waals surface area contributed by atoms with E-state index in [9.17, 15) is 0 Å². The van der Waals surface area contributed by atoms with Crippen LogP contribution in [0.5, 0.6) is 0 Å². The van der Waals surface area contributed by atoms with E-state index in [-0.39, 0.29) is 0 Å². The zero-order chi connectivity index (χ0) is 8.10. The third kappa shape index (κ3) is 3.78. The van der Waals surface area contributed by atoms with E-state index in [1.54, 1.807) is 0 Å². The fraction of sp³-hybridized carbons (Fsp3) is 0.778. The van der Waals surface area contributed by atoms with Crippen LogP contribution in [-0.4, -0.2) is 18.5 Å². The van der Waals surface area contributed by atoms with E-state index in [0.29, 0.717) is 5.38 Å². The molecular weight excluding hydrogens is 158 g/mol. The molecule has 0 heterocycles. The van der Waals surface area contributed by atoms with Crippen molar-refractivity contribution in [1.82, 2.24) is 5.32 Å². The van der Waals surface area contributed by atoms with Gasteiger partial charge in [0, 0.05) is 18.5 Å². The van der Waals surface area contributed by atoms with Gasteiger partial charge in [-0.05, 0) is 25.7 Å². The van der Waals surface area contributed by atoms with Gasteiger partial charge < -0.3 is 5.32 Å². The smallest absolute Gasteiger partial charge is 0.0488 e. The highest BCUT2D eigenvalue weighted by Crippen LogP contribution is 2.35. The molecule has 0 bridgehead atoms. The van der Waals surface area contributed by atoms with E-state index < -0.39 is 0 Å². The first kappa shape index (κ1) is 9.08. The molecule has 2 heteroatoms. The van der Waals surface area contributed by atoms with Crippen molar-refractivity contribution in [3.8, 4) is 0 Å². The van der Waals surface area contributed by atoms with Gasteiger partial charge in [-0.25, -0.2) is 0 Å². The lowest BCUT2D eigenvalue weighted by molar-refractivity contribution is 0.652. The predicted octanol–water partition coefficient (Wildman–Crippen LogP) is 2.17. The van der Waals surface area contributed by atoms with Crippen LogP contribution in [0.25, 0.3) is 0 Å². The summed E-state index contributed by atoms with van der Waals surface area (Å²) in [6, 6.07) is 0. The van der Waals surface area contributed by atoms with Gasteiger partial charge in [0.25, 0.3) is 0 Å². The van der Waals surface area contributed by atoms with Crippen molar-refractivity contribution in [3.63, 3.8) is 0 Å². The molecule has 0 aromatic carbocycles. The Labute approximate surface area is 73.8 Å². The van der Waals surface area contributed by atoms with E-state index in [1.165, 1.54) is 12.8 Å². The Kier molecular flexibility index (Phi) is 3.95. The summed E-state index contributed by atoms with van der Waals surface area (Å²) in [5, 5.41) is 3.65. The molecule has 1 N–H and O–H groups in total. The van der Waals surface area contributed by atoms with Gasteiger partial charge >= 0.3 is 0 Å². The van der Waals surface area contributed by atoms with Crippen molar-refractivity contribution in [2.24, 2.45) is 5.92 Å². The summed E-state index contributed by atoms with van der Waals surface area (Å²) in [6.45, 7) is 3.93. The normalized spacial score (nSPS) is 20.9. The molecule has 64 valence electrons. The minimum Gasteiger partial charge on any atom is -0.312 e. The van der Waals surface area contributed by atoms with Crippen LogP contribution in [0.4, 0.5) is 0 Å². The molecule has 0 aliphatic heterocycles. The van der Waals surface area contributed by atoms with Crippen LogP contribution in [0.3, 0.4) is 0 Å². The summed E-state index contributed by atoms with van der Waals surface area (Å²) < 4.78 is 0. The second-order valence-electron chi connectivity index (χ2n) is 3.08. The van der Waals surface area contributed by atoms with E-state index >= 15 is 0 Å². The van der Waals surface area contributed by atoms with Gasteiger partial charge in [-0.2, -0.15) is 0 Å². The topological polar surface area (TPSA) is 12.0 Å². The van der Waals surface area contributed by atoms with E-state index in [2.05, 4.69) is 11.4 Å². The highest BCUT2D eigenvalue weighted by atomic mass is 35.5. The monoisotopic (exact) mass is 173 g/mol. The molecule has 1 unspecified atom stereocenters. The lowest BCUT2D eigenvalue weighted by atomic mass is 10.3. The Hall–Kier alpha value is -0.0100. The molecule has 1 aliphatic carbocycles. The molecule has 0 saturated heterocycles. The van der Waals surface area contributed by atoms with Crippen molar-refractivity contribution in [2.45, 2.75) is 25.1 Å². The molecule has 1 atom stereocenters. The SMILES string of the molecule is C/C=C/CNCC(Cl)C1CC1. The summed E-state index contributed by atoms with van der Waals surface area (Å²) in [6.07, 6.45) is 6.82. The first-order valence-corrected chi connectivity index (χ1v) is 4.74. The van der Waals surface area contributed by atoms with Crippen LogP contribution in [0.15, 0.2) is 12.2 Å². The lowest BCUT2D eigenvalue weighted by Gasteiger charge is -2.06. The summed E-state index contributed by atoms with van der Waals surface area (Å²) in [5.41, 5.74) is 0. The highest BCUT2D eigenvalue weighted by molar-refractivity contribution is 6.21. The van der Waals surface area contributed by atoms with Crippen LogP contribution in [0, 0.1) is 5.92 Å². The average molecular weight is 174 g/mol. The molecule has 0 aromatic rings. The van der Waals surface area contributed by atoms with E-state index in [1.807, 2.05) is 13.0 Å². The molecule has 1 rings (SSSR count). The van der Waals surface area contributed by atoms with Gasteiger partial charge in [0.05, 0.1) is 0 Å². The summed E-state index contributed by atoms with van der Waals surface area (Å²) in [7, 11) is 0. The van der Waals surface area contributed by atoms with E-state index in [4.69, 9.17) is 11.6 Å². The van der Waals surface area contributed by atoms with Crippen molar-refractivity contribution >= 4 is 11.6 Å². The van der Waals surface area contributed by atoms with Crippen molar-refractivity contribution in [2.75, 3.05) is 13.1 Å². The molecule has 0 radical (unpaired) electrons. The second-order valence-corrected chi connectivity index (χ2v) is 3.64. The number of hydrogen-bond acceptors (Lipinski definition) is 1. The van der Waals surface area contributed by atoms with Gasteiger partial charge in [-0.15, -0.1) is 11.6 Å². The lowest BCUT2D eigenvalue weighted by Crippen LogP contribution is -2.24. The van der Waals surface area contributed by atoms with Crippen LogP contribution in [0.1, 0.15) is 19.8 Å². The van der Waals surface area contributed by atoms with Crippen molar-refractivity contribution in [1.29, 1.82) is 0 Å². The number of alkyl halides is 1. The van der Waals surface area contributed by atoms with Crippen molar-refractivity contribution < 1.29 is 0 Å².